The highest BCUT2D eigenvalue weighted by Gasteiger charge is 2.53. The van der Waals surface area contributed by atoms with E-state index in [-0.39, 0.29) is 0 Å². The molecule has 4 nitrogen and oxygen atoms in total. The van der Waals surface area contributed by atoms with E-state index in [1.807, 2.05) is 19.9 Å². The molecule has 1 aromatic heterocycles. The van der Waals surface area contributed by atoms with Gasteiger partial charge >= 0.3 is 7.60 Å². The van der Waals surface area contributed by atoms with Crippen LogP contribution in [0.3, 0.4) is 0 Å². The summed E-state index contributed by atoms with van der Waals surface area (Å²) in [6.07, 6.45) is 5.27. The highest BCUT2D eigenvalue weighted by Crippen LogP contribution is 2.64. The van der Waals surface area contributed by atoms with Crippen LogP contribution in [0.25, 0.3) is 0 Å². The van der Waals surface area contributed by atoms with E-state index in [1.54, 1.807) is 0 Å². The second-order valence-corrected chi connectivity index (χ2v) is 9.29. The summed E-state index contributed by atoms with van der Waals surface area (Å²) in [4.78, 5) is 3.41. The van der Waals surface area contributed by atoms with Gasteiger partial charge in [-0.05, 0) is 62.5 Å². The summed E-state index contributed by atoms with van der Waals surface area (Å²) in [6, 6.07) is 2.04. The average Bonchev–Trinajstić information content (AvgIpc) is 3.18. The zero-order valence-corrected chi connectivity index (χ0v) is 15.4. The molecule has 1 heterocycles. The lowest BCUT2D eigenvalue weighted by molar-refractivity contribution is 0.229. The van der Waals surface area contributed by atoms with Gasteiger partial charge in [-0.25, -0.2) is 0 Å². The minimum atomic E-state index is -3.33. The number of hydrogen-bond donors (Lipinski definition) is 1. The summed E-state index contributed by atoms with van der Waals surface area (Å²) in [5, 5.41) is 0.553. The molecule has 3 aliphatic rings. The Morgan fingerprint density at radius 1 is 1.22 bits per heavy atom. The summed E-state index contributed by atoms with van der Waals surface area (Å²) in [5.41, 5.74) is 2.62. The van der Waals surface area contributed by atoms with Crippen molar-refractivity contribution >= 4 is 25.1 Å². The first-order valence-electron chi connectivity index (χ1n) is 8.75. The van der Waals surface area contributed by atoms with Crippen molar-refractivity contribution in [3.05, 3.63) is 22.0 Å². The molecule has 0 amide bonds. The number of H-pyrrole nitrogens is 1. The highest BCUT2D eigenvalue weighted by atomic mass is 32.1. The Morgan fingerprint density at radius 2 is 1.87 bits per heavy atom. The number of pyridine rings is 1. The van der Waals surface area contributed by atoms with E-state index in [9.17, 15) is 4.57 Å². The van der Waals surface area contributed by atoms with Crippen molar-refractivity contribution < 1.29 is 13.6 Å². The SMILES string of the molecule is CCOP(=O)(OCC)c1cc2c([nH]c1=S)[C@H]1C[C@H]2[C@H]2CCC[C@H]21. The van der Waals surface area contributed by atoms with Crippen LogP contribution in [0.15, 0.2) is 6.07 Å². The molecule has 0 aromatic carbocycles. The summed E-state index contributed by atoms with van der Waals surface area (Å²) >= 11 is 5.52. The van der Waals surface area contributed by atoms with Crippen molar-refractivity contribution in [2.75, 3.05) is 13.2 Å². The monoisotopic (exact) mass is 353 g/mol. The van der Waals surface area contributed by atoms with Crippen LogP contribution in [0, 0.1) is 16.5 Å². The van der Waals surface area contributed by atoms with E-state index in [0.29, 0.717) is 35.0 Å². The van der Waals surface area contributed by atoms with Crippen molar-refractivity contribution in [2.24, 2.45) is 11.8 Å². The van der Waals surface area contributed by atoms with E-state index in [0.717, 1.165) is 11.8 Å². The molecule has 0 radical (unpaired) electrons. The van der Waals surface area contributed by atoms with Gasteiger partial charge in [-0.2, -0.15) is 0 Å². The van der Waals surface area contributed by atoms with Gasteiger partial charge in [0.15, 0.2) is 0 Å². The predicted molar refractivity (Wildman–Crippen MR) is 93.0 cm³/mol. The fraction of sp³-hybridized carbons (Fsp3) is 0.706. The van der Waals surface area contributed by atoms with Gasteiger partial charge < -0.3 is 14.0 Å². The van der Waals surface area contributed by atoms with Gasteiger partial charge in [0.2, 0.25) is 0 Å². The van der Waals surface area contributed by atoms with Gasteiger partial charge in [-0.1, -0.05) is 18.6 Å². The lowest BCUT2D eigenvalue weighted by Crippen LogP contribution is -2.22. The topological polar surface area (TPSA) is 51.3 Å². The minimum Gasteiger partial charge on any atom is -0.349 e. The molecule has 1 N–H and O–H groups in total. The van der Waals surface area contributed by atoms with Crippen LogP contribution in [0.1, 0.15) is 62.6 Å². The molecule has 2 fully saturated rings. The van der Waals surface area contributed by atoms with Gasteiger partial charge in [0.1, 0.15) is 4.64 Å². The standard InChI is InChI=1S/C17H24NO3PS/c1-3-20-22(19,21-4-2)15-9-14-12-8-13(16(14)18-17(15)23)11-7-5-6-10(11)12/h9-13H,3-8H2,1-2H3,(H,18,23)/t10-,11+,12-,13-/m0/s1. The molecular weight excluding hydrogens is 329 g/mol. The van der Waals surface area contributed by atoms with Gasteiger partial charge in [-0.3, -0.25) is 4.57 Å². The fourth-order valence-corrected chi connectivity index (χ4v) is 7.35. The minimum absolute atomic E-state index is 0.347. The smallest absolute Gasteiger partial charge is 0.349 e. The van der Waals surface area contributed by atoms with Crippen LogP contribution < -0.4 is 5.30 Å². The molecule has 1 aromatic rings. The molecule has 6 heteroatoms. The first-order chi connectivity index (χ1) is 11.1. The second-order valence-electron chi connectivity index (χ2n) is 6.89. The highest BCUT2D eigenvalue weighted by molar-refractivity contribution is 7.72. The summed E-state index contributed by atoms with van der Waals surface area (Å²) in [5.74, 6) is 2.86. The number of hydrogen-bond acceptors (Lipinski definition) is 4. The van der Waals surface area contributed by atoms with E-state index < -0.39 is 7.60 Å². The van der Waals surface area contributed by atoms with Crippen molar-refractivity contribution in [1.82, 2.24) is 4.98 Å². The van der Waals surface area contributed by atoms with E-state index in [4.69, 9.17) is 21.3 Å². The molecule has 4 atom stereocenters. The van der Waals surface area contributed by atoms with Gasteiger partial charge in [0, 0.05) is 11.6 Å². The fourth-order valence-electron chi connectivity index (χ4n) is 5.21. The Bertz CT molecular complexity index is 721. The van der Waals surface area contributed by atoms with Crippen molar-refractivity contribution in [3.63, 3.8) is 0 Å². The van der Waals surface area contributed by atoms with Crippen LogP contribution in [0.5, 0.6) is 0 Å². The Kier molecular flexibility index (Phi) is 4.04. The van der Waals surface area contributed by atoms with E-state index in [2.05, 4.69) is 4.98 Å². The normalized spacial score (nSPS) is 31.4. The summed E-state index contributed by atoms with van der Waals surface area (Å²) in [7, 11) is -3.33. The third-order valence-corrected chi connectivity index (χ3v) is 8.53. The lowest BCUT2D eigenvalue weighted by atomic mass is 9.80. The maximum atomic E-state index is 13.1. The quantitative estimate of drug-likeness (QED) is 0.619. The molecule has 23 heavy (non-hydrogen) atoms. The maximum absolute atomic E-state index is 13.1. The number of rotatable bonds is 5. The maximum Gasteiger partial charge on any atom is 0.364 e. The molecular formula is C17H24NO3PS. The van der Waals surface area contributed by atoms with Crippen LogP contribution in [-0.2, 0) is 13.6 Å². The van der Waals surface area contributed by atoms with Crippen molar-refractivity contribution in [2.45, 2.75) is 51.4 Å². The first kappa shape index (κ1) is 16.0. The Hall–Kier alpha value is -0.480. The third-order valence-electron chi connectivity index (χ3n) is 5.91. The summed E-state index contributed by atoms with van der Waals surface area (Å²) < 4.78 is 24.7. The number of aromatic amines is 1. The molecule has 2 saturated carbocycles. The van der Waals surface area contributed by atoms with Crippen LogP contribution in [-0.4, -0.2) is 18.2 Å². The molecule has 4 rings (SSSR count). The molecule has 0 unspecified atom stereocenters. The average molecular weight is 353 g/mol. The van der Waals surface area contributed by atoms with Gasteiger partial charge in [0.25, 0.3) is 0 Å². The van der Waals surface area contributed by atoms with Crippen molar-refractivity contribution in [1.29, 1.82) is 0 Å². The molecule has 126 valence electrons. The van der Waals surface area contributed by atoms with Crippen LogP contribution in [0.2, 0.25) is 0 Å². The second kappa shape index (κ2) is 5.80. The molecule has 0 saturated heterocycles. The third kappa shape index (κ3) is 2.31. The zero-order chi connectivity index (χ0) is 16.2. The van der Waals surface area contributed by atoms with Crippen molar-refractivity contribution in [3.8, 4) is 0 Å². The van der Waals surface area contributed by atoms with E-state index in [1.165, 1.54) is 36.9 Å². The van der Waals surface area contributed by atoms with Gasteiger partial charge in [0.05, 0.1) is 18.5 Å². The molecule has 0 spiro atoms. The molecule has 0 aliphatic heterocycles. The van der Waals surface area contributed by atoms with Gasteiger partial charge in [-0.15, -0.1) is 0 Å². The lowest BCUT2D eigenvalue weighted by Gasteiger charge is -2.28. The summed E-state index contributed by atoms with van der Waals surface area (Å²) in [6.45, 7) is 4.35. The Morgan fingerprint density at radius 3 is 2.52 bits per heavy atom. The first-order valence-corrected chi connectivity index (χ1v) is 10.7. The van der Waals surface area contributed by atoms with E-state index >= 15 is 0 Å². The largest absolute Gasteiger partial charge is 0.364 e. The predicted octanol–water partition coefficient (Wildman–Crippen LogP) is 4.64. The number of aromatic nitrogens is 1. The Labute approximate surface area is 142 Å². The van der Waals surface area contributed by atoms with Crippen LogP contribution in [0.4, 0.5) is 0 Å². The number of nitrogens with one attached hydrogen (secondary N) is 1. The number of fused-ring (bicyclic) bond motifs is 8. The zero-order valence-electron chi connectivity index (χ0n) is 13.7. The Balaban J connectivity index is 1.79. The van der Waals surface area contributed by atoms with Crippen LogP contribution >= 0.6 is 19.8 Å². The molecule has 2 bridgehead atoms. The molecule has 3 aliphatic carbocycles.